The lowest BCUT2D eigenvalue weighted by molar-refractivity contribution is -0.129. The highest BCUT2D eigenvalue weighted by molar-refractivity contribution is 6.30. The van der Waals surface area contributed by atoms with Crippen molar-refractivity contribution >= 4 is 23.4 Å². The van der Waals surface area contributed by atoms with Gasteiger partial charge in [-0.2, -0.15) is 0 Å². The molecule has 1 aromatic carbocycles. The number of likely N-dealkylation sites (tertiary alicyclic amines) is 1. The molecule has 1 aliphatic heterocycles. The summed E-state index contributed by atoms with van der Waals surface area (Å²) in [6.45, 7) is 1.53. The summed E-state index contributed by atoms with van der Waals surface area (Å²) >= 11 is 5.98. The molecule has 6 heteroatoms. The Morgan fingerprint density at radius 3 is 2.80 bits per heavy atom. The van der Waals surface area contributed by atoms with Crippen LogP contribution in [-0.4, -0.2) is 34.8 Å². The zero-order valence-electron chi connectivity index (χ0n) is 13.8. The molecule has 0 spiro atoms. The second-order valence-corrected chi connectivity index (χ2v) is 6.63. The minimum atomic E-state index is -0.284. The molecule has 0 bridgehead atoms. The van der Waals surface area contributed by atoms with Crippen molar-refractivity contribution in [3.8, 4) is 0 Å². The Balaban J connectivity index is 1.49. The maximum absolute atomic E-state index is 12.3. The SMILES string of the molecule is O=C(NCc1ccncc1)C1CC(=O)N(CCc2cccc(Cl)c2)C1. The summed E-state index contributed by atoms with van der Waals surface area (Å²) < 4.78 is 0. The fourth-order valence-electron chi connectivity index (χ4n) is 2.95. The Morgan fingerprint density at radius 1 is 1.24 bits per heavy atom. The Hall–Kier alpha value is -2.40. The van der Waals surface area contributed by atoms with Crippen LogP contribution in [0.1, 0.15) is 17.5 Å². The van der Waals surface area contributed by atoms with E-state index in [4.69, 9.17) is 11.6 Å². The third-order valence-corrected chi connectivity index (χ3v) is 4.60. The van der Waals surface area contributed by atoms with E-state index in [1.807, 2.05) is 36.4 Å². The molecule has 0 radical (unpaired) electrons. The number of hydrogen-bond acceptors (Lipinski definition) is 3. The minimum absolute atomic E-state index is 0.0334. The molecule has 2 heterocycles. The monoisotopic (exact) mass is 357 g/mol. The maximum atomic E-state index is 12.3. The molecule has 25 heavy (non-hydrogen) atoms. The molecule has 1 N–H and O–H groups in total. The normalized spacial score (nSPS) is 16.9. The first-order chi connectivity index (χ1) is 12.1. The molecule has 1 aliphatic rings. The van der Waals surface area contributed by atoms with Crippen molar-refractivity contribution in [3.63, 3.8) is 0 Å². The number of carbonyl (C=O) groups is 2. The first kappa shape index (κ1) is 17.4. The highest BCUT2D eigenvalue weighted by Gasteiger charge is 2.33. The van der Waals surface area contributed by atoms with E-state index >= 15 is 0 Å². The second kappa shape index (κ2) is 8.12. The quantitative estimate of drug-likeness (QED) is 0.863. The minimum Gasteiger partial charge on any atom is -0.352 e. The number of amides is 2. The van der Waals surface area contributed by atoms with Gasteiger partial charge in [-0.15, -0.1) is 0 Å². The van der Waals surface area contributed by atoms with Gasteiger partial charge in [-0.3, -0.25) is 14.6 Å². The van der Waals surface area contributed by atoms with Crippen molar-refractivity contribution in [2.75, 3.05) is 13.1 Å². The van der Waals surface area contributed by atoms with Gasteiger partial charge in [-0.05, 0) is 41.8 Å². The van der Waals surface area contributed by atoms with Gasteiger partial charge in [0.05, 0.1) is 5.92 Å². The van der Waals surface area contributed by atoms with Crippen molar-refractivity contribution in [3.05, 3.63) is 64.9 Å². The van der Waals surface area contributed by atoms with Gasteiger partial charge in [0.25, 0.3) is 0 Å². The number of rotatable bonds is 6. The smallest absolute Gasteiger partial charge is 0.225 e. The van der Waals surface area contributed by atoms with E-state index < -0.39 is 0 Å². The van der Waals surface area contributed by atoms with Crippen LogP contribution in [0.3, 0.4) is 0 Å². The number of nitrogens with zero attached hydrogens (tertiary/aromatic N) is 2. The van der Waals surface area contributed by atoms with Gasteiger partial charge in [0.1, 0.15) is 0 Å². The van der Waals surface area contributed by atoms with E-state index in [0.717, 1.165) is 17.5 Å². The molecule has 5 nitrogen and oxygen atoms in total. The lowest BCUT2D eigenvalue weighted by atomic mass is 10.1. The van der Waals surface area contributed by atoms with Gasteiger partial charge >= 0.3 is 0 Å². The summed E-state index contributed by atoms with van der Waals surface area (Å²) in [4.78, 5) is 30.2. The van der Waals surface area contributed by atoms with Gasteiger partial charge < -0.3 is 10.2 Å². The Labute approximate surface area is 152 Å². The molecular weight excluding hydrogens is 338 g/mol. The molecule has 2 aromatic rings. The number of hydrogen-bond donors (Lipinski definition) is 1. The van der Waals surface area contributed by atoms with E-state index in [1.54, 1.807) is 17.3 Å². The lowest BCUT2D eigenvalue weighted by Crippen LogP contribution is -2.33. The summed E-state index contributed by atoms with van der Waals surface area (Å²) in [5, 5.41) is 3.59. The molecule has 0 saturated carbocycles. The fraction of sp³-hybridized carbons (Fsp3) is 0.316. The largest absolute Gasteiger partial charge is 0.352 e. The number of carbonyl (C=O) groups excluding carboxylic acids is 2. The molecule has 3 rings (SSSR count). The predicted octanol–water partition coefficient (Wildman–Crippen LogP) is 2.44. The van der Waals surface area contributed by atoms with Crippen LogP contribution in [-0.2, 0) is 22.6 Å². The van der Waals surface area contributed by atoms with E-state index in [9.17, 15) is 9.59 Å². The van der Waals surface area contributed by atoms with Crippen molar-refractivity contribution in [1.82, 2.24) is 15.2 Å². The lowest BCUT2D eigenvalue weighted by Gasteiger charge is -2.16. The van der Waals surface area contributed by atoms with Crippen LogP contribution >= 0.6 is 11.6 Å². The average Bonchev–Trinajstić information content (AvgIpc) is 3.00. The van der Waals surface area contributed by atoms with Crippen LogP contribution in [0.25, 0.3) is 0 Å². The van der Waals surface area contributed by atoms with Crippen LogP contribution in [0.2, 0.25) is 5.02 Å². The number of benzene rings is 1. The van der Waals surface area contributed by atoms with Gasteiger partial charge in [0.15, 0.2) is 0 Å². The third-order valence-electron chi connectivity index (χ3n) is 4.36. The highest BCUT2D eigenvalue weighted by atomic mass is 35.5. The van der Waals surface area contributed by atoms with Crippen LogP contribution in [0.4, 0.5) is 0 Å². The highest BCUT2D eigenvalue weighted by Crippen LogP contribution is 2.19. The number of nitrogens with one attached hydrogen (secondary N) is 1. The zero-order valence-corrected chi connectivity index (χ0v) is 14.6. The molecule has 1 saturated heterocycles. The molecule has 1 unspecified atom stereocenters. The van der Waals surface area contributed by atoms with E-state index in [0.29, 0.717) is 24.7 Å². The van der Waals surface area contributed by atoms with Crippen molar-refractivity contribution in [2.45, 2.75) is 19.4 Å². The molecule has 0 aliphatic carbocycles. The van der Waals surface area contributed by atoms with Gasteiger partial charge in [-0.1, -0.05) is 23.7 Å². The average molecular weight is 358 g/mol. The van der Waals surface area contributed by atoms with E-state index in [-0.39, 0.29) is 24.2 Å². The maximum Gasteiger partial charge on any atom is 0.225 e. The molecule has 1 aromatic heterocycles. The van der Waals surface area contributed by atoms with E-state index in [1.165, 1.54) is 0 Å². The van der Waals surface area contributed by atoms with Crippen molar-refractivity contribution in [2.24, 2.45) is 5.92 Å². The first-order valence-electron chi connectivity index (χ1n) is 8.30. The Bertz CT molecular complexity index is 751. The van der Waals surface area contributed by atoms with Gasteiger partial charge in [0.2, 0.25) is 11.8 Å². The summed E-state index contributed by atoms with van der Waals surface area (Å²) in [5.41, 5.74) is 2.08. The Kier molecular flexibility index (Phi) is 5.66. The van der Waals surface area contributed by atoms with Gasteiger partial charge in [-0.25, -0.2) is 0 Å². The topological polar surface area (TPSA) is 62.3 Å². The summed E-state index contributed by atoms with van der Waals surface area (Å²) in [6, 6.07) is 11.3. The number of halogens is 1. The number of pyridine rings is 1. The predicted molar refractivity (Wildman–Crippen MR) is 95.9 cm³/mol. The Morgan fingerprint density at radius 2 is 2.04 bits per heavy atom. The third kappa shape index (κ3) is 4.79. The molecule has 1 atom stereocenters. The molecule has 1 fully saturated rings. The standard InChI is InChI=1S/C19H20ClN3O2/c20-17-3-1-2-14(10-17)6-9-23-13-16(11-18(23)24)19(25)22-12-15-4-7-21-8-5-15/h1-5,7-8,10,16H,6,9,11-13H2,(H,22,25). The summed E-state index contributed by atoms with van der Waals surface area (Å²) in [7, 11) is 0. The van der Waals surface area contributed by atoms with Crippen molar-refractivity contribution in [1.29, 1.82) is 0 Å². The fourth-order valence-corrected chi connectivity index (χ4v) is 3.17. The summed E-state index contributed by atoms with van der Waals surface area (Å²) in [6.07, 6.45) is 4.39. The second-order valence-electron chi connectivity index (χ2n) is 6.19. The molecule has 2 amide bonds. The molecular formula is C19H20ClN3O2. The number of aromatic nitrogens is 1. The molecule has 130 valence electrons. The first-order valence-corrected chi connectivity index (χ1v) is 8.68. The summed E-state index contributed by atoms with van der Waals surface area (Å²) in [5.74, 6) is -0.324. The van der Waals surface area contributed by atoms with Crippen LogP contribution in [0.15, 0.2) is 48.8 Å². The van der Waals surface area contributed by atoms with Crippen LogP contribution < -0.4 is 5.32 Å². The van der Waals surface area contributed by atoms with Gasteiger partial charge in [0, 0.05) is 43.5 Å². The van der Waals surface area contributed by atoms with Crippen LogP contribution in [0, 0.1) is 5.92 Å². The van der Waals surface area contributed by atoms with Crippen LogP contribution in [0.5, 0.6) is 0 Å². The zero-order chi connectivity index (χ0) is 17.6. The van der Waals surface area contributed by atoms with Crippen molar-refractivity contribution < 1.29 is 9.59 Å². The van der Waals surface area contributed by atoms with E-state index in [2.05, 4.69) is 10.3 Å².